The molecule has 0 spiro atoms. The van der Waals surface area contributed by atoms with Crippen LogP contribution in [0.2, 0.25) is 0 Å². The summed E-state index contributed by atoms with van der Waals surface area (Å²) in [6, 6.07) is 6.18. The Morgan fingerprint density at radius 3 is 2.46 bits per heavy atom. The molecule has 0 aliphatic heterocycles. The highest BCUT2D eigenvalue weighted by Gasteiger charge is 2.05. The van der Waals surface area contributed by atoms with Crippen molar-refractivity contribution < 1.29 is 0 Å². The molecule has 0 N–H and O–H groups in total. The molecule has 0 saturated heterocycles. The van der Waals surface area contributed by atoms with E-state index in [-0.39, 0.29) is 0 Å². The van der Waals surface area contributed by atoms with Gasteiger partial charge in [0.25, 0.3) is 0 Å². The second-order valence-electron chi connectivity index (χ2n) is 3.45. The molecule has 0 radical (unpaired) electrons. The molecule has 2 nitrogen and oxygen atoms in total. The molecule has 0 fully saturated rings. The number of nitrogens with zero attached hydrogens (tertiary/aromatic N) is 2. The summed E-state index contributed by atoms with van der Waals surface area (Å²) in [7, 11) is 1.70. The van der Waals surface area contributed by atoms with Crippen molar-refractivity contribution in [2.45, 2.75) is 26.7 Å². The van der Waals surface area contributed by atoms with Gasteiger partial charge in [0.2, 0.25) is 0 Å². The maximum atomic E-state index is 4.07. The van der Waals surface area contributed by atoms with Gasteiger partial charge in [0, 0.05) is 7.05 Å². The maximum absolute atomic E-state index is 4.07. The highest BCUT2D eigenvalue weighted by atomic mass is 15.1. The molecule has 0 saturated carbocycles. The largest absolute Gasteiger partial charge is 0.192 e. The van der Waals surface area contributed by atoms with E-state index in [0.29, 0.717) is 5.92 Å². The minimum absolute atomic E-state index is 0.548. The van der Waals surface area contributed by atoms with Crippen LogP contribution >= 0.6 is 0 Å². The molecule has 0 bridgehead atoms. The molecule has 0 unspecified atom stereocenters. The van der Waals surface area contributed by atoms with Gasteiger partial charge < -0.3 is 0 Å². The molecule has 0 atom stereocenters. The van der Waals surface area contributed by atoms with Crippen LogP contribution in [0.4, 0.5) is 5.69 Å². The standard InChI is InChI=1S/C11H16N2/c1-8(2)10-6-5-7-11(9(10)3)13-12-4/h5-8H,1-4H3. The highest BCUT2D eigenvalue weighted by molar-refractivity contribution is 5.49. The number of hydrogen-bond acceptors (Lipinski definition) is 2. The van der Waals surface area contributed by atoms with Crippen LogP contribution in [0.25, 0.3) is 0 Å². The molecule has 13 heavy (non-hydrogen) atoms. The SMILES string of the molecule is CN=Nc1cccc(C(C)C)c1C. The Morgan fingerprint density at radius 2 is 1.92 bits per heavy atom. The van der Waals surface area contributed by atoms with Crippen LogP contribution in [0.5, 0.6) is 0 Å². The molecule has 0 heterocycles. The number of azo groups is 1. The molecule has 1 aromatic rings. The Balaban J connectivity index is 3.18. The van der Waals surface area contributed by atoms with Gasteiger partial charge in [0.15, 0.2) is 0 Å². The Labute approximate surface area is 79.7 Å². The fraction of sp³-hybridized carbons (Fsp3) is 0.455. The van der Waals surface area contributed by atoms with E-state index in [0.717, 1.165) is 5.69 Å². The first-order chi connectivity index (χ1) is 6.16. The minimum Gasteiger partial charge on any atom is -0.192 e. The molecule has 0 aliphatic carbocycles. The monoisotopic (exact) mass is 176 g/mol. The summed E-state index contributed by atoms with van der Waals surface area (Å²) in [5, 5.41) is 7.87. The van der Waals surface area contributed by atoms with Crippen molar-refractivity contribution in [2.75, 3.05) is 7.05 Å². The summed E-state index contributed by atoms with van der Waals surface area (Å²) in [6.07, 6.45) is 0. The summed E-state index contributed by atoms with van der Waals surface area (Å²) in [5.74, 6) is 0.548. The lowest BCUT2D eigenvalue weighted by atomic mass is 9.97. The predicted molar refractivity (Wildman–Crippen MR) is 55.7 cm³/mol. The van der Waals surface area contributed by atoms with Crippen LogP contribution in [0.1, 0.15) is 30.9 Å². The van der Waals surface area contributed by atoms with Crippen LogP contribution in [-0.2, 0) is 0 Å². The van der Waals surface area contributed by atoms with Gasteiger partial charge in [-0.3, -0.25) is 0 Å². The minimum atomic E-state index is 0.548. The highest BCUT2D eigenvalue weighted by Crippen LogP contribution is 2.27. The van der Waals surface area contributed by atoms with E-state index >= 15 is 0 Å². The van der Waals surface area contributed by atoms with Crippen LogP contribution in [-0.4, -0.2) is 7.05 Å². The van der Waals surface area contributed by atoms with Crippen molar-refractivity contribution in [3.63, 3.8) is 0 Å². The second-order valence-corrected chi connectivity index (χ2v) is 3.45. The van der Waals surface area contributed by atoms with Gasteiger partial charge in [-0.05, 0) is 30.0 Å². The van der Waals surface area contributed by atoms with Gasteiger partial charge in [-0.15, -0.1) is 0 Å². The van der Waals surface area contributed by atoms with E-state index in [2.05, 4.69) is 37.1 Å². The van der Waals surface area contributed by atoms with E-state index < -0.39 is 0 Å². The summed E-state index contributed by atoms with van der Waals surface area (Å²) in [6.45, 7) is 6.48. The van der Waals surface area contributed by atoms with E-state index in [9.17, 15) is 0 Å². The van der Waals surface area contributed by atoms with Gasteiger partial charge in [-0.25, -0.2) is 0 Å². The third-order valence-electron chi connectivity index (χ3n) is 2.18. The Kier molecular flexibility index (Phi) is 3.18. The molecule has 1 rings (SSSR count). The number of rotatable bonds is 2. The third kappa shape index (κ3) is 2.14. The summed E-state index contributed by atoms with van der Waals surface area (Å²) in [4.78, 5) is 0. The Bertz CT molecular complexity index is 314. The normalized spacial score (nSPS) is 11.5. The number of benzene rings is 1. The Hall–Kier alpha value is -1.18. The zero-order valence-electron chi connectivity index (χ0n) is 8.70. The molecule has 0 aliphatic rings. The van der Waals surface area contributed by atoms with Gasteiger partial charge >= 0.3 is 0 Å². The Morgan fingerprint density at radius 1 is 1.23 bits per heavy atom. The third-order valence-corrected chi connectivity index (χ3v) is 2.18. The van der Waals surface area contributed by atoms with Crippen molar-refractivity contribution in [1.82, 2.24) is 0 Å². The maximum Gasteiger partial charge on any atom is 0.0884 e. The van der Waals surface area contributed by atoms with Gasteiger partial charge in [0.05, 0.1) is 5.69 Å². The lowest BCUT2D eigenvalue weighted by Gasteiger charge is -2.10. The van der Waals surface area contributed by atoms with Gasteiger partial charge in [-0.2, -0.15) is 10.2 Å². The average Bonchev–Trinajstić information content (AvgIpc) is 2.08. The molecule has 70 valence electrons. The first-order valence-corrected chi connectivity index (χ1v) is 4.56. The van der Waals surface area contributed by atoms with Crippen molar-refractivity contribution >= 4 is 5.69 Å². The zero-order valence-corrected chi connectivity index (χ0v) is 8.70. The summed E-state index contributed by atoms with van der Waals surface area (Å²) in [5.41, 5.74) is 3.57. The molecule has 0 aromatic heterocycles. The van der Waals surface area contributed by atoms with Crippen LogP contribution in [0.15, 0.2) is 28.4 Å². The lowest BCUT2D eigenvalue weighted by Crippen LogP contribution is -1.91. The molecular weight excluding hydrogens is 160 g/mol. The van der Waals surface area contributed by atoms with E-state index in [1.165, 1.54) is 11.1 Å². The predicted octanol–water partition coefficient (Wildman–Crippen LogP) is 3.83. The van der Waals surface area contributed by atoms with Crippen molar-refractivity contribution in [1.29, 1.82) is 0 Å². The van der Waals surface area contributed by atoms with Crippen LogP contribution < -0.4 is 0 Å². The quantitative estimate of drug-likeness (QED) is 0.612. The molecule has 2 heteroatoms. The fourth-order valence-electron chi connectivity index (χ4n) is 1.48. The second kappa shape index (κ2) is 4.17. The summed E-state index contributed by atoms with van der Waals surface area (Å²) >= 11 is 0. The van der Waals surface area contributed by atoms with Crippen molar-refractivity contribution in [2.24, 2.45) is 10.2 Å². The summed E-state index contributed by atoms with van der Waals surface area (Å²) < 4.78 is 0. The van der Waals surface area contributed by atoms with Crippen LogP contribution in [0, 0.1) is 6.92 Å². The fourth-order valence-corrected chi connectivity index (χ4v) is 1.48. The lowest BCUT2D eigenvalue weighted by molar-refractivity contribution is 0.855. The first kappa shape index (κ1) is 9.90. The topological polar surface area (TPSA) is 24.7 Å². The molecule has 0 amide bonds. The first-order valence-electron chi connectivity index (χ1n) is 4.56. The van der Waals surface area contributed by atoms with Gasteiger partial charge in [0.1, 0.15) is 0 Å². The zero-order chi connectivity index (χ0) is 9.84. The smallest absolute Gasteiger partial charge is 0.0884 e. The average molecular weight is 176 g/mol. The molecular formula is C11H16N2. The van der Waals surface area contributed by atoms with E-state index in [4.69, 9.17) is 0 Å². The van der Waals surface area contributed by atoms with E-state index in [1.807, 2.05) is 12.1 Å². The van der Waals surface area contributed by atoms with Crippen LogP contribution in [0.3, 0.4) is 0 Å². The van der Waals surface area contributed by atoms with Crippen molar-refractivity contribution in [3.8, 4) is 0 Å². The van der Waals surface area contributed by atoms with Gasteiger partial charge in [-0.1, -0.05) is 26.0 Å². The molecule has 1 aromatic carbocycles. The van der Waals surface area contributed by atoms with Crippen molar-refractivity contribution in [3.05, 3.63) is 29.3 Å². The van der Waals surface area contributed by atoms with E-state index in [1.54, 1.807) is 7.05 Å². The number of hydrogen-bond donors (Lipinski definition) is 0.